The van der Waals surface area contributed by atoms with Crippen molar-refractivity contribution < 1.29 is 4.79 Å². The molecule has 0 saturated carbocycles. The lowest BCUT2D eigenvalue weighted by molar-refractivity contribution is 0.0993. The van der Waals surface area contributed by atoms with Gasteiger partial charge in [0.05, 0.1) is 0 Å². The van der Waals surface area contributed by atoms with Crippen molar-refractivity contribution in [3.63, 3.8) is 0 Å². The standard InChI is InChI=1S/C15H12BrClO/c1-10-2-4-11(5-3-10)15(18)8-12-6-7-13(16)9-14(12)17/h2-7,9H,8H2,1H3. The van der Waals surface area contributed by atoms with Crippen LogP contribution in [0.1, 0.15) is 21.5 Å². The molecule has 2 aromatic carbocycles. The molecule has 0 aliphatic carbocycles. The van der Waals surface area contributed by atoms with Gasteiger partial charge in [-0.25, -0.2) is 0 Å². The van der Waals surface area contributed by atoms with E-state index in [0.717, 1.165) is 21.2 Å². The van der Waals surface area contributed by atoms with Crippen molar-refractivity contribution in [2.45, 2.75) is 13.3 Å². The van der Waals surface area contributed by atoms with Crippen LogP contribution < -0.4 is 0 Å². The molecule has 0 N–H and O–H groups in total. The van der Waals surface area contributed by atoms with Crippen molar-refractivity contribution in [3.05, 3.63) is 68.7 Å². The molecule has 0 aliphatic heterocycles. The van der Waals surface area contributed by atoms with E-state index in [-0.39, 0.29) is 5.78 Å². The predicted molar refractivity (Wildman–Crippen MR) is 78.4 cm³/mol. The highest BCUT2D eigenvalue weighted by Gasteiger charge is 2.09. The molecule has 2 rings (SSSR count). The van der Waals surface area contributed by atoms with Crippen molar-refractivity contribution in [1.82, 2.24) is 0 Å². The number of carbonyl (C=O) groups is 1. The average molecular weight is 324 g/mol. The number of halogens is 2. The van der Waals surface area contributed by atoms with Crippen LogP contribution in [0.25, 0.3) is 0 Å². The van der Waals surface area contributed by atoms with Gasteiger partial charge in [0.1, 0.15) is 0 Å². The molecule has 2 aromatic rings. The first-order chi connectivity index (χ1) is 8.56. The van der Waals surface area contributed by atoms with Gasteiger partial charge in [-0.05, 0) is 24.6 Å². The number of aryl methyl sites for hydroxylation is 1. The first-order valence-corrected chi connectivity index (χ1v) is 6.77. The number of Topliss-reactive ketones (excluding diaryl/α,β-unsaturated/α-hetero) is 1. The van der Waals surface area contributed by atoms with Crippen molar-refractivity contribution in [1.29, 1.82) is 0 Å². The molecule has 0 radical (unpaired) electrons. The van der Waals surface area contributed by atoms with Gasteiger partial charge in [-0.15, -0.1) is 0 Å². The van der Waals surface area contributed by atoms with E-state index >= 15 is 0 Å². The molecular weight excluding hydrogens is 312 g/mol. The number of hydrogen-bond acceptors (Lipinski definition) is 1. The Labute approximate surface area is 120 Å². The van der Waals surface area contributed by atoms with Gasteiger partial charge < -0.3 is 0 Å². The maximum absolute atomic E-state index is 12.1. The van der Waals surface area contributed by atoms with Crippen LogP contribution in [0.3, 0.4) is 0 Å². The summed E-state index contributed by atoms with van der Waals surface area (Å²) in [5.74, 6) is 0.0826. The summed E-state index contributed by atoms with van der Waals surface area (Å²) in [4.78, 5) is 12.1. The van der Waals surface area contributed by atoms with Crippen LogP contribution in [0.15, 0.2) is 46.9 Å². The molecule has 0 aromatic heterocycles. The number of benzene rings is 2. The van der Waals surface area contributed by atoms with Crippen LogP contribution in [0, 0.1) is 6.92 Å². The summed E-state index contributed by atoms with van der Waals surface area (Å²) in [6.45, 7) is 2.00. The van der Waals surface area contributed by atoms with Gasteiger partial charge in [0, 0.05) is 21.5 Å². The summed E-state index contributed by atoms with van der Waals surface area (Å²) in [5, 5.41) is 0.616. The molecular formula is C15H12BrClO. The van der Waals surface area contributed by atoms with E-state index in [4.69, 9.17) is 11.6 Å². The van der Waals surface area contributed by atoms with Crippen molar-refractivity contribution >= 4 is 33.3 Å². The van der Waals surface area contributed by atoms with E-state index in [0.29, 0.717) is 11.4 Å². The molecule has 0 spiro atoms. The number of carbonyl (C=O) groups excluding carboxylic acids is 1. The topological polar surface area (TPSA) is 17.1 Å². The van der Waals surface area contributed by atoms with E-state index in [1.165, 1.54) is 0 Å². The Bertz CT molecular complexity index is 576. The highest BCUT2D eigenvalue weighted by atomic mass is 79.9. The lowest BCUT2D eigenvalue weighted by Gasteiger charge is -2.05. The molecule has 0 fully saturated rings. The summed E-state index contributed by atoms with van der Waals surface area (Å²) in [6, 6.07) is 13.2. The summed E-state index contributed by atoms with van der Waals surface area (Å²) in [6.07, 6.45) is 0.329. The fourth-order valence-electron chi connectivity index (χ4n) is 1.68. The van der Waals surface area contributed by atoms with Crippen LogP contribution in [-0.4, -0.2) is 5.78 Å². The predicted octanol–water partition coefficient (Wildman–Crippen LogP) is 4.84. The zero-order chi connectivity index (χ0) is 13.1. The van der Waals surface area contributed by atoms with Crippen molar-refractivity contribution in [2.75, 3.05) is 0 Å². The molecule has 18 heavy (non-hydrogen) atoms. The van der Waals surface area contributed by atoms with E-state index in [2.05, 4.69) is 15.9 Å². The number of rotatable bonds is 3. The van der Waals surface area contributed by atoms with E-state index in [9.17, 15) is 4.79 Å². The molecule has 3 heteroatoms. The van der Waals surface area contributed by atoms with E-state index in [1.807, 2.05) is 43.3 Å². The minimum atomic E-state index is 0.0826. The largest absolute Gasteiger partial charge is 0.294 e. The molecule has 1 nitrogen and oxygen atoms in total. The normalized spacial score (nSPS) is 10.4. The average Bonchev–Trinajstić information content (AvgIpc) is 2.33. The quantitative estimate of drug-likeness (QED) is 0.739. The van der Waals surface area contributed by atoms with Crippen LogP contribution in [0.2, 0.25) is 5.02 Å². The highest BCUT2D eigenvalue weighted by molar-refractivity contribution is 9.10. The smallest absolute Gasteiger partial charge is 0.167 e. The Morgan fingerprint density at radius 2 is 1.83 bits per heavy atom. The molecule has 92 valence electrons. The van der Waals surface area contributed by atoms with Gasteiger partial charge in [-0.2, -0.15) is 0 Å². The van der Waals surface area contributed by atoms with Crippen LogP contribution in [-0.2, 0) is 6.42 Å². The summed E-state index contributed by atoms with van der Waals surface area (Å²) in [5.41, 5.74) is 2.72. The fourth-order valence-corrected chi connectivity index (χ4v) is 2.42. The molecule has 0 atom stereocenters. The minimum Gasteiger partial charge on any atom is -0.294 e. The van der Waals surface area contributed by atoms with Gasteiger partial charge in [0.25, 0.3) is 0 Å². The maximum atomic E-state index is 12.1. The third-order valence-electron chi connectivity index (χ3n) is 2.74. The molecule has 0 amide bonds. The van der Waals surface area contributed by atoms with Crippen molar-refractivity contribution in [2.24, 2.45) is 0 Å². The van der Waals surface area contributed by atoms with Crippen LogP contribution in [0.4, 0.5) is 0 Å². The summed E-state index contributed by atoms with van der Waals surface area (Å²) < 4.78 is 0.916. The second-order valence-electron chi connectivity index (χ2n) is 4.20. The highest BCUT2D eigenvalue weighted by Crippen LogP contribution is 2.22. The third kappa shape index (κ3) is 3.21. The van der Waals surface area contributed by atoms with E-state index in [1.54, 1.807) is 6.07 Å². The number of hydrogen-bond donors (Lipinski definition) is 0. The summed E-state index contributed by atoms with van der Waals surface area (Å²) in [7, 11) is 0. The second-order valence-corrected chi connectivity index (χ2v) is 5.52. The number of ketones is 1. The molecule has 0 aliphatic rings. The Morgan fingerprint density at radius 3 is 2.44 bits per heavy atom. The fraction of sp³-hybridized carbons (Fsp3) is 0.133. The van der Waals surface area contributed by atoms with Gasteiger partial charge in [0.15, 0.2) is 5.78 Å². The van der Waals surface area contributed by atoms with E-state index < -0.39 is 0 Å². The SMILES string of the molecule is Cc1ccc(C(=O)Cc2ccc(Br)cc2Cl)cc1. The lowest BCUT2D eigenvalue weighted by Crippen LogP contribution is -2.03. The Morgan fingerprint density at radius 1 is 1.17 bits per heavy atom. The van der Waals surface area contributed by atoms with Crippen LogP contribution >= 0.6 is 27.5 Å². The van der Waals surface area contributed by atoms with Crippen molar-refractivity contribution in [3.8, 4) is 0 Å². The second kappa shape index (κ2) is 5.68. The molecule has 0 saturated heterocycles. The lowest BCUT2D eigenvalue weighted by atomic mass is 10.0. The zero-order valence-electron chi connectivity index (χ0n) is 9.91. The Kier molecular flexibility index (Phi) is 4.20. The summed E-state index contributed by atoms with van der Waals surface area (Å²) >= 11 is 9.45. The minimum absolute atomic E-state index is 0.0826. The van der Waals surface area contributed by atoms with Gasteiger partial charge in [-0.3, -0.25) is 4.79 Å². The Balaban J connectivity index is 2.18. The molecule has 0 unspecified atom stereocenters. The van der Waals surface area contributed by atoms with Gasteiger partial charge in [-0.1, -0.05) is 63.4 Å². The molecule has 0 bridgehead atoms. The first-order valence-electron chi connectivity index (χ1n) is 5.60. The monoisotopic (exact) mass is 322 g/mol. The third-order valence-corrected chi connectivity index (χ3v) is 3.58. The Hall–Kier alpha value is -1.12. The maximum Gasteiger partial charge on any atom is 0.167 e. The van der Waals surface area contributed by atoms with Gasteiger partial charge >= 0.3 is 0 Å². The van der Waals surface area contributed by atoms with Crippen LogP contribution in [0.5, 0.6) is 0 Å². The first kappa shape index (κ1) is 13.3. The van der Waals surface area contributed by atoms with Gasteiger partial charge in [0.2, 0.25) is 0 Å². The molecule has 0 heterocycles. The zero-order valence-corrected chi connectivity index (χ0v) is 12.3.